The monoisotopic (exact) mass is 481 g/mol. The molecule has 9 heteroatoms. The summed E-state index contributed by atoms with van der Waals surface area (Å²) in [4.78, 5) is 35.9. The standard InChI is InChI=1S/C26H35N5O4/c1-34-23-16-22(29-26(30-23)35-2)25(33)28-21-10-6-7-18(15-21)17-31-13-11-19(12-14-31)24(32)27-20-8-4-3-5-9-20/h6-7,10,15-16,19-20H,3-5,8-9,11-14,17H2,1-2H3,(H,27,32)(H,28,33). The van der Waals surface area contributed by atoms with Crippen molar-refractivity contribution in [3.63, 3.8) is 0 Å². The zero-order valence-electron chi connectivity index (χ0n) is 20.6. The lowest BCUT2D eigenvalue weighted by atomic mass is 9.92. The van der Waals surface area contributed by atoms with Crippen LogP contribution in [0.25, 0.3) is 0 Å². The summed E-state index contributed by atoms with van der Waals surface area (Å²) in [7, 11) is 2.91. The van der Waals surface area contributed by atoms with Crippen molar-refractivity contribution in [3.05, 3.63) is 41.6 Å². The molecule has 1 saturated carbocycles. The molecule has 0 bridgehead atoms. The number of aromatic nitrogens is 2. The van der Waals surface area contributed by atoms with Crippen LogP contribution in [0, 0.1) is 5.92 Å². The fraction of sp³-hybridized carbons (Fsp3) is 0.538. The average Bonchev–Trinajstić information content (AvgIpc) is 2.89. The van der Waals surface area contributed by atoms with Gasteiger partial charge in [0.1, 0.15) is 5.69 Å². The topological polar surface area (TPSA) is 106 Å². The molecule has 1 saturated heterocycles. The fourth-order valence-corrected chi connectivity index (χ4v) is 4.84. The zero-order chi connectivity index (χ0) is 24.6. The van der Waals surface area contributed by atoms with Gasteiger partial charge in [0.2, 0.25) is 11.8 Å². The lowest BCUT2D eigenvalue weighted by molar-refractivity contribution is -0.127. The minimum absolute atomic E-state index is 0.0686. The third-order valence-electron chi connectivity index (χ3n) is 6.81. The number of nitrogens with one attached hydrogen (secondary N) is 2. The summed E-state index contributed by atoms with van der Waals surface area (Å²) in [5.74, 6) is 0.234. The van der Waals surface area contributed by atoms with Crippen LogP contribution in [0.15, 0.2) is 30.3 Å². The lowest BCUT2D eigenvalue weighted by Crippen LogP contribution is -2.44. The van der Waals surface area contributed by atoms with Gasteiger partial charge in [-0.15, -0.1) is 0 Å². The van der Waals surface area contributed by atoms with Gasteiger partial charge in [-0.1, -0.05) is 31.4 Å². The maximum Gasteiger partial charge on any atom is 0.320 e. The number of likely N-dealkylation sites (tertiary alicyclic amines) is 1. The zero-order valence-corrected chi connectivity index (χ0v) is 20.6. The van der Waals surface area contributed by atoms with E-state index in [2.05, 4.69) is 25.5 Å². The highest BCUT2D eigenvalue weighted by Crippen LogP contribution is 2.23. The largest absolute Gasteiger partial charge is 0.481 e. The van der Waals surface area contributed by atoms with Gasteiger partial charge in [0, 0.05) is 30.3 Å². The molecule has 188 valence electrons. The van der Waals surface area contributed by atoms with Crippen LogP contribution in [-0.2, 0) is 11.3 Å². The fourth-order valence-electron chi connectivity index (χ4n) is 4.84. The van der Waals surface area contributed by atoms with Crippen molar-refractivity contribution < 1.29 is 19.1 Å². The molecule has 0 atom stereocenters. The number of carbonyl (C=O) groups is 2. The summed E-state index contributed by atoms with van der Waals surface area (Å²) in [6.07, 6.45) is 7.75. The Balaban J connectivity index is 1.29. The van der Waals surface area contributed by atoms with Crippen LogP contribution < -0.4 is 20.1 Å². The molecule has 2 heterocycles. The molecule has 1 aromatic heterocycles. The Morgan fingerprint density at radius 1 is 1.00 bits per heavy atom. The molecule has 35 heavy (non-hydrogen) atoms. The van der Waals surface area contributed by atoms with Crippen LogP contribution in [0.4, 0.5) is 5.69 Å². The molecule has 0 radical (unpaired) electrons. The molecule has 0 unspecified atom stereocenters. The van der Waals surface area contributed by atoms with E-state index in [-0.39, 0.29) is 35.3 Å². The molecule has 4 rings (SSSR count). The molecule has 0 spiro atoms. The van der Waals surface area contributed by atoms with Gasteiger partial charge in [-0.3, -0.25) is 14.5 Å². The summed E-state index contributed by atoms with van der Waals surface area (Å²) in [6, 6.07) is 9.70. The van der Waals surface area contributed by atoms with E-state index in [1.54, 1.807) is 0 Å². The van der Waals surface area contributed by atoms with Gasteiger partial charge in [0.25, 0.3) is 5.91 Å². The third-order valence-corrected chi connectivity index (χ3v) is 6.81. The Bertz CT molecular complexity index is 994. The van der Waals surface area contributed by atoms with Crippen LogP contribution in [0.1, 0.15) is 61.0 Å². The maximum atomic E-state index is 12.7. The maximum absolute atomic E-state index is 12.7. The van der Waals surface area contributed by atoms with Gasteiger partial charge >= 0.3 is 6.01 Å². The number of hydrogen-bond acceptors (Lipinski definition) is 7. The molecule has 1 aromatic carbocycles. The van der Waals surface area contributed by atoms with Crippen molar-refractivity contribution in [2.24, 2.45) is 5.92 Å². The number of nitrogens with zero attached hydrogens (tertiary/aromatic N) is 3. The minimum Gasteiger partial charge on any atom is -0.481 e. The van der Waals surface area contributed by atoms with Gasteiger partial charge in [-0.25, -0.2) is 0 Å². The van der Waals surface area contributed by atoms with Crippen molar-refractivity contribution in [2.45, 2.75) is 57.5 Å². The summed E-state index contributed by atoms with van der Waals surface area (Å²) in [6.45, 7) is 2.55. The normalized spacial score (nSPS) is 17.5. The molecule has 9 nitrogen and oxygen atoms in total. The Morgan fingerprint density at radius 3 is 2.49 bits per heavy atom. The van der Waals surface area contributed by atoms with Crippen LogP contribution in [-0.4, -0.2) is 60.0 Å². The van der Waals surface area contributed by atoms with Gasteiger partial charge in [-0.2, -0.15) is 9.97 Å². The SMILES string of the molecule is COc1cc(C(=O)Nc2cccc(CN3CCC(C(=O)NC4CCCCC4)CC3)c2)nc(OC)n1. The number of amides is 2. The molecule has 2 amide bonds. The summed E-state index contributed by atoms with van der Waals surface area (Å²) in [5, 5.41) is 6.17. The highest BCUT2D eigenvalue weighted by Gasteiger charge is 2.27. The summed E-state index contributed by atoms with van der Waals surface area (Å²) in [5.41, 5.74) is 1.95. The second-order valence-corrected chi connectivity index (χ2v) is 9.33. The van der Waals surface area contributed by atoms with E-state index in [0.29, 0.717) is 11.7 Å². The van der Waals surface area contributed by atoms with E-state index in [0.717, 1.165) is 50.9 Å². The number of anilines is 1. The first-order chi connectivity index (χ1) is 17.0. The molecular weight excluding hydrogens is 446 g/mol. The van der Waals surface area contributed by atoms with E-state index in [9.17, 15) is 9.59 Å². The Labute approximate surface area is 206 Å². The van der Waals surface area contributed by atoms with E-state index >= 15 is 0 Å². The van der Waals surface area contributed by atoms with Crippen molar-refractivity contribution in [1.82, 2.24) is 20.2 Å². The first kappa shape index (κ1) is 24.9. The summed E-state index contributed by atoms with van der Waals surface area (Å²) < 4.78 is 10.2. The number of ether oxygens (including phenoxy) is 2. The predicted molar refractivity (Wildman–Crippen MR) is 133 cm³/mol. The Hall–Kier alpha value is -3.20. The van der Waals surface area contributed by atoms with Crippen molar-refractivity contribution in [3.8, 4) is 11.9 Å². The van der Waals surface area contributed by atoms with E-state index in [1.807, 2.05) is 24.3 Å². The van der Waals surface area contributed by atoms with Crippen LogP contribution in [0.2, 0.25) is 0 Å². The number of carbonyl (C=O) groups excluding carboxylic acids is 2. The van der Waals surface area contributed by atoms with Crippen molar-refractivity contribution in [1.29, 1.82) is 0 Å². The van der Waals surface area contributed by atoms with E-state index in [1.165, 1.54) is 39.5 Å². The molecule has 2 fully saturated rings. The van der Waals surface area contributed by atoms with Gasteiger partial charge in [-0.05, 0) is 56.5 Å². The van der Waals surface area contributed by atoms with E-state index in [4.69, 9.17) is 9.47 Å². The quantitative estimate of drug-likeness (QED) is 0.595. The van der Waals surface area contributed by atoms with Crippen LogP contribution >= 0.6 is 0 Å². The summed E-state index contributed by atoms with van der Waals surface area (Å²) >= 11 is 0. The molecule has 2 aromatic rings. The molecule has 2 N–H and O–H groups in total. The minimum atomic E-state index is -0.369. The number of rotatable bonds is 8. The molecule has 2 aliphatic rings. The van der Waals surface area contributed by atoms with Crippen molar-refractivity contribution in [2.75, 3.05) is 32.6 Å². The number of piperidine rings is 1. The Kier molecular flexibility index (Phi) is 8.52. The second kappa shape index (κ2) is 12.0. The smallest absolute Gasteiger partial charge is 0.320 e. The lowest BCUT2D eigenvalue weighted by Gasteiger charge is -2.32. The average molecular weight is 482 g/mol. The highest BCUT2D eigenvalue weighted by molar-refractivity contribution is 6.03. The molecular formula is C26H35N5O4. The molecule has 1 aliphatic carbocycles. The number of methoxy groups -OCH3 is 2. The third kappa shape index (κ3) is 6.91. The van der Waals surface area contributed by atoms with Crippen LogP contribution in [0.3, 0.4) is 0 Å². The number of hydrogen-bond donors (Lipinski definition) is 2. The first-order valence-electron chi connectivity index (χ1n) is 12.4. The predicted octanol–water partition coefficient (Wildman–Crippen LogP) is 3.41. The Morgan fingerprint density at radius 2 is 1.77 bits per heavy atom. The molecule has 1 aliphatic heterocycles. The van der Waals surface area contributed by atoms with Gasteiger partial charge in [0.05, 0.1) is 14.2 Å². The van der Waals surface area contributed by atoms with Gasteiger partial charge < -0.3 is 20.1 Å². The number of benzene rings is 1. The van der Waals surface area contributed by atoms with Crippen molar-refractivity contribution >= 4 is 17.5 Å². The second-order valence-electron chi connectivity index (χ2n) is 9.33. The van der Waals surface area contributed by atoms with Gasteiger partial charge in [0.15, 0.2) is 0 Å². The highest BCUT2D eigenvalue weighted by atomic mass is 16.5. The van der Waals surface area contributed by atoms with E-state index < -0.39 is 0 Å². The van der Waals surface area contributed by atoms with Crippen LogP contribution in [0.5, 0.6) is 11.9 Å². The first-order valence-corrected chi connectivity index (χ1v) is 12.4.